The lowest BCUT2D eigenvalue weighted by Gasteiger charge is -2.30. The van der Waals surface area contributed by atoms with Crippen molar-refractivity contribution in [2.75, 3.05) is 19.6 Å². The molecule has 2 unspecified atom stereocenters. The molecule has 122 valence electrons. The van der Waals surface area contributed by atoms with Crippen LogP contribution in [-0.2, 0) is 4.79 Å². The summed E-state index contributed by atoms with van der Waals surface area (Å²) in [7, 11) is 0. The Labute approximate surface area is 129 Å². The summed E-state index contributed by atoms with van der Waals surface area (Å²) in [6.07, 6.45) is -0.107. The van der Waals surface area contributed by atoms with E-state index in [0.29, 0.717) is 19.4 Å². The van der Waals surface area contributed by atoms with E-state index in [1.165, 1.54) is 0 Å². The first-order valence-corrected chi connectivity index (χ1v) is 7.20. The third-order valence-electron chi connectivity index (χ3n) is 4.16. The Balaban J connectivity index is 0.00000220. The minimum Gasteiger partial charge on any atom is -0.352 e. The van der Waals surface area contributed by atoms with Gasteiger partial charge in [0.25, 0.3) is 0 Å². The molecule has 2 aliphatic rings. The maximum absolute atomic E-state index is 12.7. The van der Waals surface area contributed by atoms with Crippen molar-refractivity contribution in [3.05, 3.63) is 11.6 Å². The fourth-order valence-electron chi connectivity index (χ4n) is 2.90. The van der Waals surface area contributed by atoms with Crippen LogP contribution in [0.25, 0.3) is 0 Å². The predicted molar refractivity (Wildman–Crippen MR) is 77.3 cm³/mol. The van der Waals surface area contributed by atoms with Crippen LogP contribution in [0, 0.1) is 11.8 Å². The predicted octanol–water partition coefficient (Wildman–Crippen LogP) is 2.81. The van der Waals surface area contributed by atoms with Gasteiger partial charge in [-0.15, -0.1) is 12.4 Å². The highest BCUT2D eigenvalue weighted by Gasteiger charge is 2.43. The van der Waals surface area contributed by atoms with Crippen LogP contribution in [0.5, 0.6) is 0 Å². The van der Waals surface area contributed by atoms with Gasteiger partial charge < -0.3 is 10.6 Å². The van der Waals surface area contributed by atoms with Crippen LogP contribution >= 0.6 is 12.4 Å². The lowest BCUT2D eigenvalue weighted by molar-refractivity contribution is -0.186. The normalized spacial score (nSPS) is 26.5. The van der Waals surface area contributed by atoms with Gasteiger partial charge in [0.05, 0.1) is 5.92 Å². The molecular formula is C14H22ClF3N2O. The molecule has 0 radical (unpaired) electrons. The van der Waals surface area contributed by atoms with Gasteiger partial charge in [0.2, 0.25) is 5.91 Å². The van der Waals surface area contributed by atoms with Crippen molar-refractivity contribution < 1.29 is 18.0 Å². The van der Waals surface area contributed by atoms with E-state index in [-0.39, 0.29) is 31.2 Å². The van der Waals surface area contributed by atoms with E-state index in [9.17, 15) is 18.0 Å². The molecule has 1 amide bonds. The number of hydrogen-bond donors (Lipinski definition) is 2. The van der Waals surface area contributed by atoms with Crippen LogP contribution in [-0.4, -0.2) is 31.7 Å². The third kappa shape index (κ3) is 5.51. The molecule has 0 spiro atoms. The smallest absolute Gasteiger partial charge is 0.352 e. The number of carbonyl (C=O) groups excluding carboxylic acids is 1. The monoisotopic (exact) mass is 326 g/mol. The molecule has 0 aromatic carbocycles. The molecule has 1 aliphatic carbocycles. The number of alkyl halides is 3. The van der Waals surface area contributed by atoms with E-state index in [4.69, 9.17) is 0 Å². The number of hydrogen-bond acceptors (Lipinski definition) is 2. The average Bonchev–Trinajstić information content (AvgIpc) is 2.45. The largest absolute Gasteiger partial charge is 0.391 e. The molecule has 1 aliphatic heterocycles. The molecule has 2 N–H and O–H groups in total. The Bertz CT molecular complexity index is 385. The van der Waals surface area contributed by atoms with Crippen LogP contribution in [0.1, 0.15) is 32.1 Å². The van der Waals surface area contributed by atoms with Gasteiger partial charge in [0.1, 0.15) is 0 Å². The van der Waals surface area contributed by atoms with Crippen molar-refractivity contribution >= 4 is 18.3 Å². The summed E-state index contributed by atoms with van der Waals surface area (Å²) >= 11 is 0. The van der Waals surface area contributed by atoms with E-state index in [1.54, 1.807) is 0 Å². The zero-order chi connectivity index (χ0) is 14.6. The van der Waals surface area contributed by atoms with Crippen molar-refractivity contribution in [1.29, 1.82) is 0 Å². The lowest BCUT2D eigenvalue weighted by atomic mass is 9.80. The standard InChI is InChI=1S/C14H21F3N2O.ClH/c15-14(16,17)12-3-1-2-11(8-12)13(20)19-9-10-4-6-18-7-5-10;/h4,11-12,18H,1-3,5-9H2,(H,19,20);1H. The van der Waals surface area contributed by atoms with Crippen molar-refractivity contribution in [2.24, 2.45) is 11.8 Å². The Morgan fingerprint density at radius 2 is 2.14 bits per heavy atom. The first-order chi connectivity index (χ1) is 9.47. The number of carbonyl (C=O) groups is 1. The van der Waals surface area contributed by atoms with Crippen LogP contribution in [0.15, 0.2) is 11.6 Å². The van der Waals surface area contributed by atoms with Gasteiger partial charge in [-0.3, -0.25) is 4.79 Å². The van der Waals surface area contributed by atoms with E-state index < -0.39 is 18.0 Å². The summed E-state index contributed by atoms with van der Waals surface area (Å²) in [5.41, 5.74) is 1.15. The molecule has 0 aromatic rings. The minimum atomic E-state index is -4.17. The van der Waals surface area contributed by atoms with E-state index >= 15 is 0 Å². The molecule has 2 rings (SSSR count). The molecule has 3 nitrogen and oxygen atoms in total. The minimum absolute atomic E-state index is 0. The second-order valence-corrected chi connectivity index (χ2v) is 5.64. The lowest BCUT2D eigenvalue weighted by Crippen LogP contribution is -2.38. The van der Waals surface area contributed by atoms with Crippen molar-refractivity contribution in [1.82, 2.24) is 10.6 Å². The molecule has 7 heteroatoms. The molecule has 2 atom stereocenters. The highest BCUT2D eigenvalue weighted by molar-refractivity contribution is 5.85. The Morgan fingerprint density at radius 1 is 1.38 bits per heavy atom. The first kappa shape index (κ1) is 18.3. The Morgan fingerprint density at radius 3 is 2.76 bits per heavy atom. The third-order valence-corrected chi connectivity index (χ3v) is 4.16. The molecule has 21 heavy (non-hydrogen) atoms. The SMILES string of the molecule is Cl.O=C(NCC1=CCNCC1)C1CCCC(C(F)(F)F)C1. The second-order valence-electron chi connectivity index (χ2n) is 5.64. The van der Waals surface area contributed by atoms with Gasteiger partial charge >= 0.3 is 6.18 Å². The fourth-order valence-corrected chi connectivity index (χ4v) is 2.90. The van der Waals surface area contributed by atoms with E-state index in [2.05, 4.69) is 10.6 Å². The zero-order valence-electron chi connectivity index (χ0n) is 11.8. The van der Waals surface area contributed by atoms with Crippen molar-refractivity contribution in [3.63, 3.8) is 0 Å². The zero-order valence-corrected chi connectivity index (χ0v) is 12.7. The molecule has 0 aromatic heterocycles. The van der Waals surface area contributed by atoms with Crippen LogP contribution < -0.4 is 10.6 Å². The van der Waals surface area contributed by atoms with E-state index in [0.717, 1.165) is 25.1 Å². The van der Waals surface area contributed by atoms with Gasteiger partial charge in [-0.05, 0) is 32.2 Å². The van der Waals surface area contributed by atoms with Crippen LogP contribution in [0.4, 0.5) is 13.2 Å². The van der Waals surface area contributed by atoms with Crippen LogP contribution in [0.2, 0.25) is 0 Å². The van der Waals surface area contributed by atoms with Crippen molar-refractivity contribution in [2.45, 2.75) is 38.3 Å². The number of nitrogens with one attached hydrogen (secondary N) is 2. The molecular weight excluding hydrogens is 305 g/mol. The highest BCUT2D eigenvalue weighted by Crippen LogP contribution is 2.39. The molecule has 1 heterocycles. The number of rotatable bonds is 3. The maximum atomic E-state index is 12.7. The Hall–Kier alpha value is -0.750. The molecule has 0 saturated heterocycles. The molecule has 0 bridgehead atoms. The number of amides is 1. The summed E-state index contributed by atoms with van der Waals surface area (Å²) in [6.45, 7) is 2.15. The van der Waals surface area contributed by atoms with Crippen molar-refractivity contribution in [3.8, 4) is 0 Å². The van der Waals surface area contributed by atoms with Gasteiger partial charge in [-0.25, -0.2) is 0 Å². The topological polar surface area (TPSA) is 41.1 Å². The first-order valence-electron chi connectivity index (χ1n) is 7.20. The summed E-state index contributed by atoms with van der Waals surface area (Å²) in [4.78, 5) is 12.0. The van der Waals surface area contributed by atoms with Crippen LogP contribution in [0.3, 0.4) is 0 Å². The molecule has 1 saturated carbocycles. The Kier molecular flexibility index (Phi) is 7.00. The van der Waals surface area contributed by atoms with Gasteiger partial charge in [0.15, 0.2) is 0 Å². The fraction of sp³-hybridized carbons (Fsp3) is 0.786. The summed E-state index contributed by atoms with van der Waals surface area (Å²) in [5, 5.41) is 5.97. The average molecular weight is 327 g/mol. The van der Waals surface area contributed by atoms with Gasteiger partial charge in [0, 0.05) is 19.0 Å². The maximum Gasteiger partial charge on any atom is 0.391 e. The van der Waals surface area contributed by atoms with E-state index in [1.807, 2.05) is 6.08 Å². The number of halogens is 4. The summed E-state index contributed by atoms with van der Waals surface area (Å²) in [5.74, 6) is -2.03. The molecule has 1 fully saturated rings. The summed E-state index contributed by atoms with van der Waals surface area (Å²) < 4.78 is 38.1. The quantitative estimate of drug-likeness (QED) is 0.783. The van der Waals surface area contributed by atoms with Gasteiger partial charge in [-0.2, -0.15) is 13.2 Å². The summed E-state index contributed by atoms with van der Waals surface area (Å²) in [6, 6.07) is 0. The highest BCUT2D eigenvalue weighted by atomic mass is 35.5. The second kappa shape index (κ2) is 8.03. The van der Waals surface area contributed by atoms with Gasteiger partial charge in [-0.1, -0.05) is 18.1 Å².